The van der Waals surface area contributed by atoms with Gasteiger partial charge in [0.25, 0.3) is 0 Å². The molecule has 4 rings (SSSR count). The van der Waals surface area contributed by atoms with Gasteiger partial charge in [-0.15, -0.1) is 0 Å². The SMILES string of the molecule is S=C(Nc1ccccc1)N1CCOCC1.S=C(Nc1ccccc1)N1CCOCC1. The number of morpholine rings is 2. The van der Waals surface area contributed by atoms with Crippen molar-refractivity contribution in [1.29, 1.82) is 0 Å². The summed E-state index contributed by atoms with van der Waals surface area (Å²) in [6.07, 6.45) is 0. The zero-order valence-electron chi connectivity index (χ0n) is 17.0. The van der Waals surface area contributed by atoms with Gasteiger partial charge in [0.2, 0.25) is 0 Å². The smallest absolute Gasteiger partial charge is 0.173 e. The van der Waals surface area contributed by atoms with E-state index >= 15 is 0 Å². The number of benzene rings is 2. The molecule has 0 spiro atoms. The lowest BCUT2D eigenvalue weighted by molar-refractivity contribution is 0.0690. The van der Waals surface area contributed by atoms with Crippen LogP contribution in [0.3, 0.4) is 0 Å². The first-order valence-corrected chi connectivity index (χ1v) is 10.9. The molecular weight excluding hydrogens is 416 g/mol. The Morgan fingerprint density at radius 1 is 0.600 bits per heavy atom. The number of rotatable bonds is 2. The van der Waals surface area contributed by atoms with Gasteiger partial charge in [-0.25, -0.2) is 0 Å². The second-order valence-electron chi connectivity index (χ2n) is 6.79. The van der Waals surface area contributed by atoms with Crippen LogP contribution in [0.2, 0.25) is 0 Å². The lowest BCUT2D eigenvalue weighted by Gasteiger charge is -2.29. The zero-order valence-corrected chi connectivity index (χ0v) is 18.6. The Hall–Kier alpha value is -2.26. The monoisotopic (exact) mass is 444 g/mol. The van der Waals surface area contributed by atoms with Crippen LogP contribution in [0.25, 0.3) is 0 Å². The minimum Gasteiger partial charge on any atom is -0.378 e. The van der Waals surface area contributed by atoms with E-state index in [1.807, 2.05) is 60.7 Å². The number of para-hydroxylation sites is 2. The summed E-state index contributed by atoms with van der Waals surface area (Å²) >= 11 is 10.6. The molecule has 2 aromatic rings. The first-order chi connectivity index (χ1) is 14.7. The molecule has 0 atom stereocenters. The van der Waals surface area contributed by atoms with Gasteiger partial charge in [0.15, 0.2) is 10.2 Å². The minimum atomic E-state index is 0.761. The lowest BCUT2D eigenvalue weighted by Crippen LogP contribution is -2.42. The molecule has 2 aromatic carbocycles. The van der Waals surface area contributed by atoms with Crippen LogP contribution in [-0.2, 0) is 9.47 Å². The third-order valence-corrected chi connectivity index (χ3v) is 5.37. The van der Waals surface area contributed by atoms with Crippen LogP contribution in [-0.4, -0.2) is 72.6 Å². The summed E-state index contributed by atoms with van der Waals surface area (Å²) in [7, 11) is 0. The van der Waals surface area contributed by atoms with E-state index in [2.05, 4.69) is 20.4 Å². The number of nitrogens with one attached hydrogen (secondary N) is 2. The quantitative estimate of drug-likeness (QED) is 0.684. The van der Waals surface area contributed by atoms with Gasteiger partial charge < -0.3 is 29.9 Å². The third-order valence-electron chi connectivity index (χ3n) is 4.65. The van der Waals surface area contributed by atoms with Crippen molar-refractivity contribution in [2.75, 3.05) is 63.2 Å². The van der Waals surface area contributed by atoms with Gasteiger partial charge >= 0.3 is 0 Å². The van der Waals surface area contributed by atoms with E-state index in [1.165, 1.54) is 0 Å². The first-order valence-electron chi connectivity index (χ1n) is 10.1. The average Bonchev–Trinajstić information content (AvgIpc) is 2.82. The Morgan fingerprint density at radius 2 is 0.933 bits per heavy atom. The van der Waals surface area contributed by atoms with E-state index < -0.39 is 0 Å². The average molecular weight is 445 g/mol. The summed E-state index contributed by atoms with van der Waals surface area (Å²) < 4.78 is 10.5. The van der Waals surface area contributed by atoms with Gasteiger partial charge in [-0.05, 0) is 48.7 Å². The molecule has 2 N–H and O–H groups in total. The molecule has 0 unspecified atom stereocenters. The number of hydrogen-bond donors (Lipinski definition) is 2. The highest BCUT2D eigenvalue weighted by atomic mass is 32.1. The van der Waals surface area contributed by atoms with Crippen LogP contribution in [0.5, 0.6) is 0 Å². The molecule has 2 heterocycles. The highest BCUT2D eigenvalue weighted by Crippen LogP contribution is 2.09. The highest BCUT2D eigenvalue weighted by Gasteiger charge is 2.14. The molecule has 0 aliphatic carbocycles. The number of ether oxygens (including phenoxy) is 2. The Labute approximate surface area is 189 Å². The fraction of sp³-hybridized carbons (Fsp3) is 0.364. The molecule has 2 aliphatic heterocycles. The molecular formula is C22H28N4O2S2. The van der Waals surface area contributed by atoms with Crippen molar-refractivity contribution in [2.24, 2.45) is 0 Å². The van der Waals surface area contributed by atoms with Crippen LogP contribution in [0.1, 0.15) is 0 Å². The van der Waals surface area contributed by atoms with Crippen molar-refractivity contribution < 1.29 is 9.47 Å². The van der Waals surface area contributed by atoms with E-state index in [0.717, 1.165) is 74.2 Å². The second kappa shape index (κ2) is 12.4. The van der Waals surface area contributed by atoms with Crippen molar-refractivity contribution in [2.45, 2.75) is 0 Å². The minimum absolute atomic E-state index is 0.761. The number of hydrogen-bond acceptors (Lipinski definition) is 4. The van der Waals surface area contributed by atoms with Crippen molar-refractivity contribution in [3.05, 3.63) is 60.7 Å². The van der Waals surface area contributed by atoms with Crippen LogP contribution in [0, 0.1) is 0 Å². The molecule has 2 aliphatic rings. The van der Waals surface area contributed by atoms with E-state index in [9.17, 15) is 0 Å². The number of nitrogens with zero attached hydrogens (tertiary/aromatic N) is 2. The summed E-state index contributed by atoms with van der Waals surface area (Å²) in [6.45, 7) is 6.54. The molecule has 0 bridgehead atoms. The Balaban J connectivity index is 0.000000171. The van der Waals surface area contributed by atoms with Crippen LogP contribution in [0.4, 0.5) is 11.4 Å². The number of anilines is 2. The van der Waals surface area contributed by atoms with Crippen molar-refractivity contribution >= 4 is 46.0 Å². The Bertz CT molecular complexity index is 713. The summed E-state index contributed by atoms with van der Waals surface area (Å²) in [5, 5.41) is 7.99. The van der Waals surface area contributed by atoms with E-state index in [-0.39, 0.29) is 0 Å². The molecule has 6 nitrogen and oxygen atoms in total. The fourth-order valence-electron chi connectivity index (χ4n) is 2.98. The largest absolute Gasteiger partial charge is 0.378 e. The van der Waals surface area contributed by atoms with Crippen molar-refractivity contribution in [3.63, 3.8) is 0 Å². The van der Waals surface area contributed by atoms with Crippen LogP contribution < -0.4 is 10.6 Å². The normalized spacial score (nSPS) is 16.1. The topological polar surface area (TPSA) is 49.0 Å². The first kappa shape index (κ1) is 22.4. The Kier molecular flexibility index (Phi) is 9.30. The van der Waals surface area contributed by atoms with E-state index in [4.69, 9.17) is 33.9 Å². The standard InChI is InChI=1S/2C11H14N2OS/c2*15-11(13-6-8-14-9-7-13)12-10-4-2-1-3-5-10/h2*1-5H,6-9H2,(H,12,15). The molecule has 8 heteroatoms. The molecule has 30 heavy (non-hydrogen) atoms. The maximum Gasteiger partial charge on any atom is 0.173 e. The third kappa shape index (κ3) is 7.53. The maximum absolute atomic E-state index is 5.32. The van der Waals surface area contributed by atoms with Gasteiger partial charge in [-0.2, -0.15) is 0 Å². The van der Waals surface area contributed by atoms with Gasteiger partial charge in [-0.1, -0.05) is 36.4 Å². The van der Waals surface area contributed by atoms with E-state index in [0.29, 0.717) is 0 Å². The van der Waals surface area contributed by atoms with Gasteiger partial charge in [0.05, 0.1) is 26.4 Å². The highest BCUT2D eigenvalue weighted by molar-refractivity contribution is 7.80. The molecule has 2 saturated heterocycles. The Morgan fingerprint density at radius 3 is 1.27 bits per heavy atom. The van der Waals surface area contributed by atoms with Gasteiger partial charge in [-0.3, -0.25) is 0 Å². The lowest BCUT2D eigenvalue weighted by atomic mass is 10.3. The molecule has 160 valence electrons. The van der Waals surface area contributed by atoms with E-state index in [1.54, 1.807) is 0 Å². The predicted molar refractivity (Wildman–Crippen MR) is 130 cm³/mol. The summed E-state index contributed by atoms with van der Waals surface area (Å²) in [4.78, 5) is 4.26. The summed E-state index contributed by atoms with van der Waals surface area (Å²) in [6, 6.07) is 20.0. The number of thiocarbonyl (C=S) groups is 2. The second-order valence-corrected chi connectivity index (χ2v) is 7.56. The van der Waals surface area contributed by atoms with Gasteiger partial charge in [0, 0.05) is 37.6 Å². The van der Waals surface area contributed by atoms with Gasteiger partial charge in [0.1, 0.15) is 0 Å². The molecule has 0 amide bonds. The predicted octanol–water partition coefficient (Wildman–Crippen LogP) is 3.43. The van der Waals surface area contributed by atoms with Crippen LogP contribution in [0.15, 0.2) is 60.7 Å². The summed E-state index contributed by atoms with van der Waals surface area (Å²) in [5.41, 5.74) is 2.07. The molecule has 0 aromatic heterocycles. The zero-order chi connectivity index (χ0) is 21.0. The van der Waals surface area contributed by atoms with Crippen molar-refractivity contribution in [3.8, 4) is 0 Å². The molecule has 2 fully saturated rings. The van der Waals surface area contributed by atoms with Crippen molar-refractivity contribution in [1.82, 2.24) is 9.80 Å². The van der Waals surface area contributed by atoms with Crippen LogP contribution >= 0.6 is 24.4 Å². The summed E-state index contributed by atoms with van der Waals surface area (Å²) in [5.74, 6) is 0. The maximum atomic E-state index is 5.32. The molecule has 0 saturated carbocycles. The fourth-order valence-corrected chi connectivity index (χ4v) is 3.58. The molecule has 0 radical (unpaired) electrons.